The lowest BCUT2D eigenvalue weighted by atomic mass is 10.0. The van der Waals surface area contributed by atoms with Crippen LogP contribution in [0.3, 0.4) is 0 Å². The Hall–Kier alpha value is -2.38. The molecule has 0 bridgehead atoms. The Kier molecular flexibility index (Phi) is 6.16. The molecule has 29 heavy (non-hydrogen) atoms. The molecule has 7 heteroatoms. The van der Waals surface area contributed by atoms with Crippen LogP contribution in [0.2, 0.25) is 0 Å². The van der Waals surface area contributed by atoms with E-state index in [0.29, 0.717) is 5.92 Å². The molecule has 1 aliphatic heterocycles. The van der Waals surface area contributed by atoms with E-state index in [4.69, 9.17) is 0 Å². The zero-order valence-corrected chi connectivity index (χ0v) is 18.3. The van der Waals surface area contributed by atoms with E-state index in [0.717, 1.165) is 55.2 Å². The average molecular weight is 411 g/mol. The van der Waals surface area contributed by atoms with Crippen LogP contribution >= 0.6 is 11.3 Å². The van der Waals surface area contributed by atoms with Gasteiger partial charge in [0.2, 0.25) is 10.3 Å². The second-order valence-electron chi connectivity index (χ2n) is 7.79. The highest BCUT2D eigenvalue weighted by Gasteiger charge is 2.20. The minimum atomic E-state index is 0.554. The maximum atomic E-state index is 4.47. The van der Waals surface area contributed by atoms with Gasteiger partial charge in [-0.3, -0.25) is 4.57 Å². The molecule has 1 fully saturated rings. The molecule has 154 valence electrons. The van der Waals surface area contributed by atoms with Crippen molar-refractivity contribution in [2.75, 3.05) is 42.9 Å². The maximum Gasteiger partial charge on any atom is 0.218 e. The first-order valence-electron chi connectivity index (χ1n) is 10.4. The Balaban J connectivity index is 1.41. The van der Waals surface area contributed by atoms with Crippen LogP contribution in [0, 0.1) is 0 Å². The molecule has 0 saturated carbocycles. The first-order valence-corrected chi connectivity index (χ1v) is 11.3. The first kappa shape index (κ1) is 19.9. The molecule has 4 rings (SSSR count). The summed E-state index contributed by atoms with van der Waals surface area (Å²) in [5.41, 5.74) is 3.67. The number of piperazine rings is 1. The largest absolute Gasteiger partial charge is 0.379 e. The Morgan fingerprint density at radius 3 is 2.41 bits per heavy atom. The van der Waals surface area contributed by atoms with Gasteiger partial charge in [0, 0.05) is 43.8 Å². The van der Waals surface area contributed by atoms with Gasteiger partial charge in [0.1, 0.15) is 0 Å². The fourth-order valence-electron chi connectivity index (χ4n) is 3.61. The van der Waals surface area contributed by atoms with Crippen molar-refractivity contribution in [3.05, 3.63) is 53.9 Å². The van der Waals surface area contributed by atoms with Crippen LogP contribution in [0.15, 0.2) is 42.6 Å². The van der Waals surface area contributed by atoms with Crippen molar-refractivity contribution >= 4 is 22.2 Å². The summed E-state index contributed by atoms with van der Waals surface area (Å²) in [7, 11) is 0. The number of benzene rings is 1. The zero-order valence-electron chi connectivity index (χ0n) is 17.5. The topological polar surface area (TPSA) is 49.2 Å². The summed E-state index contributed by atoms with van der Waals surface area (Å²) in [5, 5.41) is 14.4. The van der Waals surface area contributed by atoms with Crippen molar-refractivity contribution in [3.63, 3.8) is 0 Å². The summed E-state index contributed by atoms with van der Waals surface area (Å²) in [6, 6.07) is 12.9. The van der Waals surface area contributed by atoms with E-state index in [-0.39, 0.29) is 0 Å². The van der Waals surface area contributed by atoms with E-state index >= 15 is 0 Å². The SMILES string of the molecule is CCN1CCN(c2nnc(-n3cccc3CNc3ccc(C(C)C)cc3)s2)CC1. The van der Waals surface area contributed by atoms with Gasteiger partial charge >= 0.3 is 0 Å². The highest BCUT2D eigenvalue weighted by Crippen LogP contribution is 2.26. The molecule has 2 aromatic heterocycles. The standard InChI is InChI=1S/C22H30N6S/c1-4-26-12-14-27(15-13-26)21-24-25-22(29-21)28-11-5-6-20(28)16-23-19-9-7-18(8-10-19)17(2)3/h5-11,17,23H,4,12-16H2,1-3H3. The van der Waals surface area contributed by atoms with Gasteiger partial charge in [-0.1, -0.05) is 44.2 Å². The minimum Gasteiger partial charge on any atom is -0.379 e. The van der Waals surface area contributed by atoms with E-state index < -0.39 is 0 Å². The molecule has 3 aromatic rings. The van der Waals surface area contributed by atoms with E-state index in [1.54, 1.807) is 11.3 Å². The van der Waals surface area contributed by atoms with Crippen LogP contribution in [0.25, 0.3) is 5.13 Å². The third-order valence-corrected chi connectivity index (χ3v) is 6.57. The molecular formula is C22H30N6S. The lowest BCUT2D eigenvalue weighted by Crippen LogP contribution is -2.46. The highest BCUT2D eigenvalue weighted by atomic mass is 32.1. The Labute approximate surface area is 177 Å². The van der Waals surface area contributed by atoms with Crippen LogP contribution in [0.5, 0.6) is 0 Å². The Bertz CT molecular complexity index is 906. The summed E-state index contributed by atoms with van der Waals surface area (Å²) in [4.78, 5) is 4.83. The number of aromatic nitrogens is 3. The van der Waals surface area contributed by atoms with Crippen molar-refractivity contribution in [2.45, 2.75) is 33.2 Å². The molecule has 1 N–H and O–H groups in total. The number of hydrogen-bond donors (Lipinski definition) is 1. The van der Waals surface area contributed by atoms with Gasteiger partial charge in [-0.15, -0.1) is 10.2 Å². The molecule has 0 amide bonds. The molecule has 0 spiro atoms. The number of likely N-dealkylation sites (N-methyl/N-ethyl adjacent to an activating group) is 1. The van der Waals surface area contributed by atoms with Crippen LogP contribution in [0.4, 0.5) is 10.8 Å². The van der Waals surface area contributed by atoms with Gasteiger partial charge in [0.05, 0.1) is 6.54 Å². The zero-order chi connectivity index (χ0) is 20.2. The molecule has 1 aliphatic rings. The second kappa shape index (κ2) is 8.97. The fraction of sp³-hybridized carbons (Fsp3) is 0.455. The number of nitrogens with zero attached hydrogens (tertiary/aromatic N) is 5. The third-order valence-electron chi connectivity index (χ3n) is 5.58. The Morgan fingerprint density at radius 1 is 1.00 bits per heavy atom. The molecule has 6 nitrogen and oxygen atoms in total. The monoisotopic (exact) mass is 410 g/mol. The van der Waals surface area contributed by atoms with Gasteiger partial charge in [0.25, 0.3) is 0 Å². The molecule has 1 saturated heterocycles. The van der Waals surface area contributed by atoms with E-state index in [1.165, 1.54) is 11.3 Å². The van der Waals surface area contributed by atoms with Crippen molar-refractivity contribution in [3.8, 4) is 5.13 Å². The molecule has 3 heterocycles. The van der Waals surface area contributed by atoms with Gasteiger partial charge in [-0.25, -0.2) is 0 Å². The van der Waals surface area contributed by atoms with E-state index in [1.807, 2.05) is 0 Å². The maximum absolute atomic E-state index is 4.47. The Morgan fingerprint density at radius 2 is 1.72 bits per heavy atom. The summed E-state index contributed by atoms with van der Waals surface area (Å²) in [5.74, 6) is 0.554. The summed E-state index contributed by atoms with van der Waals surface area (Å²) < 4.78 is 2.14. The normalized spacial score (nSPS) is 15.2. The van der Waals surface area contributed by atoms with Crippen molar-refractivity contribution in [1.82, 2.24) is 19.7 Å². The van der Waals surface area contributed by atoms with E-state index in [9.17, 15) is 0 Å². The molecular weight excluding hydrogens is 380 g/mol. The van der Waals surface area contributed by atoms with Crippen LogP contribution in [-0.4, -0.2) is 52.4 Å². The summed E-state index contributed by atoms with van der Waals surface area (Å²) in [6.45, 7) is 12.8. The summed E-state index contributed by atoms with van der Waals surface area (Å²) in [6.07, 6.45) is 2.07. The highest BCUT2D eigenvalue weighted by molar-refractivity contribution is 7.17. The minimum absolute atomic E-state index is 0.554. The number of rotatable bonds is 7. The molecule has 0 radical (unpaired) electrons. The quantitative estimate of drug-likeness (QED) is 0.632. The van der Waals surface area contributed by atoms with Gasteiger partial charge in [-0.05, 0) is 42.3 Å². The fourth-order valence-corrected chi connectivity index (χ4v) is 4.53. The second-order valence-corrected chi connectivity index (χ2v) is 8.72. The number of anilines is 2. The van der Waals surface area contributed by atoms with Gasteiger partial charge in [-0.2, -0.15) is 0 Å². The molecule has 0 aliphatic carbocycles. The van der Waals surface area contributed by atoms with Crippen LogP contribution in [0.1, 0.15) is 37.9 Å². The van der Waals surface area contributed by atoms with E-state index in [2.05, 4.69) is 93.2 Å². The number of hydrogen-bond acceptors (Lipinski definition) is 6. The molecule has 0 unspecified atom stereocenters. The van der Waals surface area contributed by atoms with Crippen molar-refractivity contribution in [2.24, 2.45) is 0 Å². The molecule has 1 aromatic carbocycles. The smallest absolute Gasteiger partial charge is 0.218 e. The first-order chi connectivity index (χ1) is 14.1. The summed E-state index contributed by atoms with van der Waals surface area (Å²) >= 11 is 1.67. The van der Waals surface area contributed by atoms with Gasteiger partial charge < -0.3 is 15.1 Å². The van der Waals surface area contributed by atoms with Crippen molar-refractivity contribution in [1.29, 1.82) is 0 Å². The van der Waals surface area contributed by atoms with Crippen LogP contribution in [-0.2, 0) is 6.54 Å². The third kappa shape index (κ3) is 4.62. The van der Waals surface area contributed by atoms with Crippen LogP contribution < -0.4 is 10.2 Å². The lowest BCUT2D eigenvalue weighted by Gasteiger charge is -2.33. The average Bonchev–Trinajstić information content (AvgIpc) is 3.42. The lowest BCUT2D eigenvalue weighted by molar-refractivity contribution is 0.271. The van der Waals surface area contributed by atoms with Gasteiger partial charge in [0.15, 0.2) is 0 Å². The number of nitrogens with one attached hydrogen (secondary N) is 1. The predicted molar refractivity (Wildman–Crippen MR) is 121 cm³/mol. The molecule has 0 atom stereocenters. The van der Waals surface area contributed by atoms with Crippen molar-refractivity contribution < 1.29 is 0 Å². The predicted octanol–water partition coefficient (Wildman–Crippen LogP) is 4.21.